The van der Waals surface area contributed by atoms with Crippen molar-refractivity contribution in [3.8, 4) is 0 Å². The van der Waals surface area contributed by atoms with E-state index in [1.807, 2.05) is 54.7 Å². The number of rotatable bonds is 4. The van der Waals surface area contributed by atoms with Crippen molar-refractivity contribution in [2.24, 2.45) is 0 Å². The van der Waals surface area contributed by atoms with Crippen LogP contribution >= 0.6 is 11.6 Å². The summed E-state index contributed by atoms with van der Waals surface area (Å²) in [7, 11) is 0. The molecule has 1 unspecified atom stereocenters. The second kappa shape index (κ2) is 6.43. The van der Waals surface area contributed by atoms with Crippen LogP contribution in [0.5, 0.6) is 0 Å². The summed E-state index contributed by atoms with van der Waals surface area (Å²) < 4.78 is 2.18. The number of anilines is 1. The summed E-state index contributed by atoms with van der Waals surface area (Å²) in [6.07, 6.45) is 6.30. The number of fused-ring (bicyclic) bond motifs is 1. The number of benzene rings is 2. The van der Waals surface area contributed by atoms with Gasteiger partial charge >= 0.3 is 0 Å². The third kappa shape index (κ3) is 2.55. The van der Waals surface area contributed by atoms with Crippen LogP contribution in [0.4, 0.5) is 5.69 Å². The molecule has 0 radical (unpaired) electrons. The Hall–Kier alpha value is -2.70. The van der Waals surface area contributed by atoms with E-state index in [2.05, 4.69) is 22.4 Å². The standard InChI is InChI=1S/C20H18ClN3/c1-3-20(12-13-23-2,15-7-9-16(21)10-8-15)24-14-11-17-18(22)5-4-6-19(17)24/h4-14H,3,22H2,1H3/b13-12+. The van der Waals surface area contributed by atoms with Crippen LogP contribution in [0.25, 0.3) is 15.7 Å². The maximum atomic E-state index is 7.16. The van der Waals surface area contributed by atoms with Gasteiger partial charge in [-0.15, -0.1) is 0 Å². The van der Waals surface area contributed by atoms with E-state index in [0.29, 0.717) is 5.02 Å². The molecular formula is C20H18ClN3. The van der Waals surface area contributed by atoms with Crippen LogP contribution in [0.1, 0.15) is 18.9 Å². The van der Waals surface area contributed by atoms with Gasteiger partial charge in [0.25, 0.3) is 0 Å². The maximum Gasteiger partial charge on any atom is 0.152 e. The average Bonchev–Trinajstić information content (AvgIpc) is 3.03. The van der Waals surface area contributed by atoms with Crippen molar-refractivity contribution in [1.82, 2.24) is 4.57 Å². The molecule has 1 heterocycles. The third-order valence-electron chi connectivity index (χ3n) is 4.50. The molecule has 0 saturated heterocycles. The predicted octanol–water partition coefficient (Wildman–Crippen LogP) is 5.46. The molecule has 4 heteroatoms. The fourth-order valence-corrected chi connectivity index (χ4v) is 3.37. The Morgan fingerprint density at radius 1 is 1.21 bits per heavy atom. The van der Waals surface area contributed by atoms with Crippen molar-refractivity contribution < 1.29 is 0 Å². The van der Waals surface area contributed by atoms with E-state index in [-0.39, 0.29) is 0 Å². The van der Waals surface area contributed by atoms with E-state index in [0.717, 1.165) is 28.6 Å². The first-order valence-electron chi connectivity index (χ1n) is 7.78. The molecule has 1 atom stereocenters. The first kappa shape index (κ1) is 16.2. The number of allylic oxidation sites excluding steroid dienone is 1. The van der Waals surface area contributed by atoms with E-state index in [4.69, 9.17) is 23.9 Å². The number of nitrogens with zero attached hydrogens (tertiary/aromatic N) is 2. The first-order chi connectivity index (χ1) is 11.6. The number of nitrogens with two attached hydrogens (primary N) is 1. The molecule has 0 aliphatic carbocycles. The molecule has 0 aliphatic heterocycles. The Morgan fingerprint density at radius 2 is 1.96 bits per heavy atom. The summed E-state index contributed by atoms with van der Waals surface area (Å²) in [5, 5.41) is 1.71. The largest absolute Gasteiger partial charge is 0.398 e. The van der Waals surface area contributed by atoms with Crippen LogP contribution in [-0.4, -0.2) is 4.57 Å². The highest BCUT2D eigenvalue weighted by Crippen LogP contribution is 2.37. The second-order valence-electron chi connectivity index (χ2n) is 5.70. The molecule has 3 rings (SSSR count). The number of aromatic nitrogens is 1. The highest BCUT2D eigenvalue weighted by atomic mass is 35.5. The van der Waals surface area contributed by atoms with E-state index < -0.39 is 5.54 Å². The minimum absolute atomic E-state index is 0.468. The molecule has 0 amide bonds. The predicted molar refractivity (Wildman–Crippen MR) is 101 cm³/mol. The zero-order chi connectivity index (χ0) is 17.2. The molecule has 0 saturated carbocycles. The molecule has 0 spiro atoms. The Kier molecular flexibility index (Phi) is 4.33. The molecule has 1 aromatic heterocycles. The average molecular weight is 336 g/mol. The van der Waals surface area contributed by atoms with Crippen LogP contribution in [-0.2, 0) is 5.54 Å². The molecule has 2 aromatic carbocycles. The van der Waals surface area contributed by atoms with Crippen molar-refractivity contribution in [3.05, 3.63) is 89.0 Å². The van der Waals surface area contributed by atoms with Crippen molar-refractivity contribution in [1.29, 1.82) is 0 Å². The van der Waals surface area contributed by atoms with Gasteiger partial charge in [0.1, 0.15) is 0 Å². The molecule has 3 aromatic rings. The lowest BCUT2D eigenvalue weighted by Crippen LogP contribution is -2.31. The zero-order valence-electron chi connectivity index (χ0n) is 13.4. The highest BCUT2D eigenvalue weighted by molar-refractivity contribution is 6.30. The van der Waals surface area contributed by atoms with Gasteiger partial charge in [0, 0.05) is 22.3 Å². The van der Waals surface area contributed by atoms with Crippen molar-refractivity contribution in [2.45, 2.75) is 18.9 Å². The van der Waals surface area contributed by atoms with Gasteiger partial charge in [0.15, 0.2) is 6.20 Å². The van der Waals surface area contributed by atoms with Gasteiger partial charge in [-0.25, -0.2) is 4.85 Å². The topological polar surface area (TPSA) is 35.3 Å². The van der Waals surface area contributed by atoms with E-state index in [1.54, 1.807) is 0 Å². The summed E-state index contributed by atoms with van der Waals surface area (Å²) in [6.45, 7) is 9.28. The lowest BCUT2D eigenvalue weighted by Gasteiger charge is -2.33. The minimum atomic E-state index is -0.468. The normalized spacial score (nSPS) is 13.9. The maximum absolute atomic E-state index is 7.16. The molecule has 3 nitrogen and oxygen atoms in total. The van der Waals surface area contributed by atoms with Gasteiger partial charge in [-0.2, -0.15) is 0 Å². The molecular weight excluding hydrogens is 318 g/mol. The number of halogens is 1. The van der Waals surface area contributed by atoms with Crippen LogP contribution in [0.15, 0.2) is 67.0 Å². The molecule has 0 bridgehead atoms. The van der Waals surface area contributed by atoms with Crippen LogP contribution in [0, 0.1) is 6.57 Å². The van der Waals surface area contributed by atoms with E-state index in [1.165, 1.54) is 6.20 Å². The van der Waals surface area contributed by atoms with Crippen LogP contribution in [0.3, 0.4) is 0 Å². The third-order valence-corrected chi connectivity index (χ3v) is 4.76. The van der Waals surface area contributed by atoms with E-state index >= 15 is 0 Å². The smallest absolute Gasteiger partial charge is 0.152 e. The summed E-state index contributed by atoms with van der Waals surface area (Å²) in [5.41, 5.74) is 8.52. The number of nitrogen functional groups attached to an aromatic ring is 1. The number of hydrogen-bond donors (Lipinski definition) is 1. The molecule has 0 fully saturated rings. The quantitative estimate of drug-likeness (QED) is 0.498. The summed E-state index contributed by atoms with van der Waals surface area (Å²) in [6, 6.07) is 15.7. The molecule has 24 heavy (non-hydrogen) atoms. The van der Waals surface area contributed by atoms with Gasteiger partial charge in [-0.1, -0.05) is 42.8 Å². The van der Waals surface area contributed by atoms with Crippen LogP contribution in [0.2, 0.25) is 5.02 Å². The fourth-order valence-electron chi connectivity index (χ4n) is 3.25. The van der Waals surface area contributed by atoms with Gasteiger partial charge in [-0.05, 0) is 42.3 Å². The van der Waals surface area contributed by atoms with Gasteiger partial charge in [0.2, 0.25) is 0 Å². The monoisotopic (exact) mass is 335 g/mol. The Labute approximate surface area is 146 Å². The molecule has 2 N–H and O–H groups in total. The zero-order valence-corrected chi connectivity index (χ0v) is 14.2. The summed E-state index contributed by atoms with van der Waals surface area (Å²) >= 11 is 6.06. The minimum Gasteiger partial charge on any atom is -0.398 e. The van der Waals surface area contributed by atoms with Crippen molar-refractivity contribution >= 4 is 28.2 Å². The van der Waals surface area contributed by atoms with Gasteiger partial charge in [0.05, 0.1) is 17.6 Å². The SMILES string of the molecule is [C-]#[N+]/C=C/C(CC)(c1ccc(Cl)cc1)n1ccc2c(N)cccc21. The van der Waals surface area contributed by atoms with E-state index in [9.17, 15) is 0 Å². The second-order valence-corrected chi connectivity index (χ2v) is 6.13. The Morgan fingerprint density at radius 3 is 2.62 bits per heavy atom. The summed E-state index contributed by atoms with van der Waals surface area (Å²) in [5.74, 6) is 0. The first-order valence-corrected chi connectivity index (χ1v) is 8.16. The number of hydrogen-bond acceptors (Lipinski definition) is 1. The van der Waals surface area contributed by atoms with Gasteiger partial charge in [-0.3, -0.25) is 0 Å². The fraction of sp³-hybridized carbons (Fsp3) is 0.150. The lowest BCUT2D eigenvalue weighted by molar-refractivity contribution is 0.446. The molecule has 120 valence electrons. The van der Waals surface area contributed by atoms with Crippen molar-refractivity contribution in [2.75, 3.05) is 5.73 Å². The Bertz CT molecular complexity index is 932. The van der Waals surface area contributed by atoms with Gasteiger partial charge < -0.3 is 10.3 Å². The summed E-state index contributed by atoms with van der Waals surface area (Å²) in [4.78, 5) is 3.42. The molecule has 0 aliphatic rings. The van der Waals surface area contributed by atoms with Crippen molar-refractivity contribution in [3.63, 3.8) is 0 Å². The van der Waals surface area contributed by atoms with Crippen LogP contribution < -0.4 is 5.73 Å². The highest BCUT2D eigenvalue weighted by Gasteiger charge is 2.30. The Balaban J connectivity index is 2.31. The lowest BCUT2D eigenvalue weighted by atomic mass is 9.86.